The smallest absolute Gasteiger partial charge is 0.187 e. The van der Waals surface area contributed by atoms with Gasteiger partial charge >= 0.3 is 0 Å². The molecule has 11 heteroatoms. The van der Waals surface area contributed by atoms with Gasteiger partial charge in [0.05, 0.1) is 13.2 Å². The molecule has 2 aliphatic rings. The molecule has 0 spiro atoms. The minimum Gasteiger partial charge on any atom is -0.394 e. The molecule has 10 atom stereocenters. The number of aliphatic hydroxyl groups is 8. The van der Waals surface area contributed by atoms with Gasteiger partial charge in [0.2, 0.25) is 0 Å². The number of aliphatic hydroxyl groups excluding tert-OH is 8. The van der Waals surface area contributed by atoms with Crippen LogP contribution < -0.4 is 0 Å². The summed E-state index contributed by atoms with van der Waals surface area (Å²) in [7, 11) is 0. The van der Waals surface area contributed by atoms with Gasteiger partial charge in [0.15, 0.2) is 12.6 Å². The molecule has 0 saturated carbocycles. The van der Waals surface area contributed by atoms with Gasteiger partial charge in [-0.1, -0.05) is 0 Å². The fourth-order valence-electron chi connectivity index (χ4n) is 2.57. The molecule has 2 heterocycles. The molecule has 0 bridgehead atoms. The zero-order chi connectivity index (χ0) is 17.3. The van der Waals surface area contributed by atoms with Crippen molar-refractivity contribution in [2.24, 2.45) is 0 Å². The molecule has 8 N–H and O–H groups in total. The van der Waals surface area contributed by atoms with Crippen LogP contribution in [0, 0.1) is 0 Å². The highest BCUT2D eigenvalue weighted by Gasteiger charge is 2.50. The molecule has 0 unspecified atom stereocenters. The first-order chi connectivity index (χ1) is 10.8. The molecule has 0 aliphatic carbocycles. The van der Waals surface area contributed by atoms with Crippen molar-refractivity contribution in [1.29, 1.82) is 0 Å². The van der Waals surface area contributed by atoms with Gasteiger partial charge in [-0.25, -0.2) is 0 Å². The maximum atomic E-state index is 9.94. The predicted molar refractivity (Wildman–Crippen MR) is 68.6 cm³/mol. The topological polar surface area (TPSA) is 190 Å². The Hall–Kier alpha value is -0.440. The Labute approximate surface area is 130 Å². The minimum atomic E-state index is -1.74. The van der Waals surface area contributed by atoms with Crippen LogP contribution in [0.15, 0.2) is 0 Å². The molecule has 2 aliphatic heterocycles. The van der Waals surface area contributed by atoms with E-state index in [1.54, 1.807) is 0 Å². The molecular weight excluding hydrogens is 320 g/mol. The highest BCUT2D eigenvalue weighted by Crippen LogP contribution is 2.28. The third-order valence-corrected chi connectivity index (χ3v) is 3.98. The van der Waals surface area contributed by atoms with Crippen LogP contribution in [0.1, 0.15) is 0 Å². The molecule has 0 amide bonds. The molecule has 2 saturated heterocycles. The number of hydrogen-bond donors (Lipinski definition) is 8. The summed E-state index contributed by atoms with van der Waals surface area (Å²) in [5.74, 6) is 0. The summed E-state index contributed by atoms with van der Waals surface area (Å²) < 4.78 is 15.3. The third kappa shape index (κ3) is 3.65. The Kier molecular flexibility index (Phi) is 6.27. The molecule has 2 rings (SSSR count). The Morgan fingerprint density at radius 1 is 0.652 bits per heavy atom. The van der Waals surface area contributed by atoms with Crippen molar-refractivity contribution in [3.8, 4) is 0 Å². The fourth-order valence-corrected chi connectivity index (χ4v) is 2.57. The second kappa shape index (κ2) is 7.63. The Morgan fingerprint density at radius 2 is 1.26 bits per heavy atom. The molecule has 0 radical (unpaired) electrons. The van der Waals surface area contributed by atoms with Crippen molar-refractivity contribution >= 4 is 0 Å². The molecule has 0 aromatic heterocycles. The summed E-state index contributed by atoms with van der Waals surface area (Å²) >= 11 is 0. The van der Waals surface area contributed by atoms with Crippen LogP contribution in [-0.4, -0.2) is 115 Å². The zero-order valence-electron chi connectivity index (χ0n) is 12.0. The standard InChI is InChI=1S/C12H22O11/c13-1-3-5(15)6(16)9(19)12(22-3)23-10-4(2-14)21-11(20)8(18)7(10)17/h3-20H,1-2H2/t3-,4+,5-,6-,7+,8-,9+,10+,11+,12-/m0/s1. The first-order valence-electron chi connectivity index (χ1n) is 7.08. The van der Waals surface area contributed by atoms with Crippen molar-refractivity contribution in [2.45, 2.75) is 61.4 Å². The quantitative estimate of drug-likeness (QED) is 0.243. The second-order valence-corrected chi connectivity index (χ2v) is 5.53. The largest absolute Gasteiger partial charge is 0.394 e. The van der Waals surface area contributed by atoms with Crippen LogP contribution in [-0.2, 0) is 14.2 Å². The van der Waals surface area contributed by atoms with E-state index in [1.807, 2.05) is 0 Å². The van der Waals surface area contributed by atoms with Gasteiger partial charge in [-0.05, 0) is 0 Å². The SMILES string of the molecule is OC[C@@H]1O[C@@H](O[C@H]2[C@H](O)[C@H](O)[C@H](O)O[C@@H]2CO)[C@H](O)[C@@H](O)[C@H]1O. The van der Waals surface area contributed by atoms with Gasteiger partial charge in [-0.3, -0.25) is 0 Å². The van der Waals surface area contributed by atoms with E-state index < -0.39 is 74.6 Å². The van der Waals surface area contributed by atoms with Crippen LogP contribution >= 0.6 is 0 Å². The van der Waals surface area contributed by atoms with E-state index in [9.17, 15) is 35.7 Å². The second-order valence-electron chi connectivity index (χ2n) is 5.53. The third-order valence-electron chi connectivity index (χ3n) is 3.98. The van der Waals surface area contributed by atoms with E-state index in [2.05, 4.69) is 0 Å². The molecule has 2 fully saturated rings. The van der Waals surface area contributed by atoms with Crippen molar-refractivity contribution < 1.29 is 55.1 Å². The van der Waals surface area contributed by atoms with E-state index in [1.165, 1.54) is 0 Å². The monoisotopic (exact) mass is 342 g/mol. The van der Waals surface area contributed by atoms with Crippen molar-refractivity contribution in [3.63, 3.8) is 0 Å². The molecule has 0 aromatic carbocycles. The highest BCUT2D eigenvalue weighted by molar-refractivity contribution is 4.93. The maximum absolute atomic E-state index is 9.94. The summed E-state index contributed by atoms with van der Waals surface area (Å²) in [6.07, 6.45) is -15.6. The van der Waals surface area contributed by atoms with E-state index >= 15 is 0 Å². The van der Waals surface area contributed by atoms with E-state index in [-0.39, 0.29) is 0 Å². The summed E-state index contributed by atoms with van der Waals surface area (Å²) in [5.41, 5.74) is 0. The molecule has 136 valence electrons. The van der Waals surface area contributed by atoms with Gasteiger partial charge in [0.1, 0.15) is 48.8 Å². The lowest BCUT2D eigenvalue weighted by atomic mass is 9.97. The Bertz CT molecular complexity index is 378. The van der Waals surface area contributed by atoms with Crippen molar-refractivity contribution in [1.82, 2.24) is 0 Å². The zero-order valence-corrected chi connectivity index (χ0v) is 12.0. The average Bonchev–Trinajstić information content (AvgIpc) is 2.55. The van der Waals surface area contributed by atoms with Gasteiger partial charge in [0.25, 0.3) is 0 Å². The average molecular weight is 342 g/mol. The van der Waals surface area contributed by atoms with Crippen LogP contribution in [0.4, 0.5) is 0 Å². The van der Waals surface area contributed by atoms with Gasteiger partial charge in [-0.15, -0.1) is 0 Å². The molecule has 0 aromatic rings. The lowest BCUT2D eigenvalue weighted by molar-refractivity contribution is -0.355. The van der Waals surface area contributed by atoms with Crippen LogP contribution in [0.2, 0.25) is 0 Å². The number of hydrogen-bond acceptors (Lipinski definition) is 11. The van der Waals surface area contributed by atoms with E-state index in [0.29, 0.717) is 0 Å². The summed E-state index contributed by atoms with van der Waals surface area (Å²) in [4.78, 5) is 0. The predicted octanol–water partition coefficient (Wildman–Crippen LogP) is -5.40. The normalized spacial score (nSPS) is 51.7. The van der Waals surface area contributed by atoms with Crippen LogP contribution in [0.5, 0.6) is 0 Å². The summed E-state index contributed by atoms with van der Waals surface area (Å²) in [6.45, 7) is -1.35. The minimum absolute atomic E-state index is 0.667. The van der Waals surface area contributed by atoms with Crippen LogP contribution in [0.25, 0.3) is 0 Å². The fraction of sp³-hybridized carbons (Fsp3) is 1.00. The molecular formula is C12H22O11. The van der Waals surface area contributed by atoms with Gasteiger partial charge in [0, 0.05) is 0 Å². The Balaban J connectivity index is 2.11. The van der Waals surface area contributed by atoms with Crippen molar-refractivity contribution in [3.05, 3.63) is 0 Å². The molecule has 23 heavy (non-hydrogen) atoms. The lowest BCUT2D eigenvalue weighted by Gasteiger charge is -2.45. The van der Waals surface area contributed by atoms with Crippen molar-refractivity contribution in [2.75, 3.05) is 13.2 Å². The first kappa shape index (κ1) is 18.9. The number of ether oxygens (including phenoxy) is 3. The van der Waals surface area contributed by atoms with Gasteiger partial charge in [-0.2, -0.15) is 0 Å². The van der Waals surface area contributed by atoms with E-state index in [0.717, 1.165) is 0 Å². The lowest BCUT2D eigenvalue weighted by Crippen LogP contribution is -2.64. The maximum Gasteiger partial charge on any atom is 0.187 e. The number of rotatable bonds is 4. The first-order valence-corrected chi connectivity index (χ1v) is 7.08. The Morgan fingerprint density at radius 3 is 1.83 bits per heavy atom. The molecule has 11 nitrogen and oxygen atoms in total. The van der Waals surface area contributed by atoms with Gasteiger partial charge < -0.3 is 55.1 Å². The summed E-state index contributed by atoms with van der Waals surface area (Å²) in [5, 5.41) is 76.5. The highest BCUT2D eigenvalue weighted by atomic mass is 16.7. The van der Waals surface area contributed by atoms with E-state index in [4.69, 9.17) is 19.3 Å². The van der Waals surface area contributed by atoms with Crippen LogP contribution in [0.3, 0.4) is 0 Å². The summed E-state index contributed by atoms with van der Waals surface area (Å²) in [6, 6.07) is 0.